The summed E-state index contributed by atoms with van der Waals surface area (Å²) >= 11 is 0. The van der Waals surface area contributed by atoms with Gasteiger partial charge in [0.1, 0.15) is 0 Å². The van der Waals surface area contributed by atoms with E-state index in [0.717, 1.165) is 11.8 Å². The topological polar surface area (TPSA) is 0 Å². The molecule has 102 valence electrons. The number of rotatable bonds is 4. The highest BCUT2D eigenvalue weighted by Gasteiger charge is 2.40. The third kappa shape index (κ3) is 3.60. The van der Waals surface area contributed by atoms with Crippen LogP contribution in [0.1, 0.15) is 54.4 Å². The van der Waals surface area contributed by atoms with E-state index in [-0.39, 0.29) is 0 Å². The first-order valence-corrected chi connectivity index (χ1v) is 7.32. The summed E-state index contributed by atoms with van der Waals surface area (Å²) in [6.45, 7) is 17.7. The van der Waals surface area contributed by atoms with Crippen LogP contribution in [0, 0.1) is 23.7 Å². The van der Waals surface area contributed by atoms with Crippen LogP contribution in [0.25, 0.3) is 0 Å². The Balaban J connectivity index is 3.04. The molecular formula is C18H30. The summed E-state index contributed by atoms with van der Waals surface area (Å²) < 4.78 is 0. The molecular weight excluding hydrogens is 216 g/mol. The van der Waals surface area contributed by atoms with Crippen LogP contribution in [0.15, 0.2) is 35.5 Å². The Bertz CT molecular complexity index is 348. The van der Waals surface area contributed by atoms with Gasteiger partial charge in [-0.25, -0.2) is 0 Å². The second-order valence-electron chi connectivity index (χ2n) is 6.50. The summed E-state index contributed by atoms with van der Waals surface area (Å²) in [4.78, 5) is 0. The number of allylic oxidation sites excluding steroid dienone is 5. The van der Waals surface area contributed by atoms with Gasteiger partial charge in [0.05, 0.1) is 0 Å². The van der Waals surface area contributed by atoms with Crippen molar-refractivity contribution in [2.75, 3.05) is 0 Å². The SMILES string of the molecule is C=C(C)C1C(C=C(C)C)CC(C=C(C)C)C1CC. The Labute approximate surface area is 114 Å². The molecule has 0 radical (unpaired) electrons. The maximum absolute atomic E-state index is 4.26. The molecule has 4 unspecified atom stereocenters. The van der Waals surface area contributed by atoms with Crippen molar-refractivity contribution in [3.05, 3.63) is 35.5 Å². The summed E-state index contributed by atoms with van der Waals surface area (Å²) in [5.74, 6) is 2.88. The first-order valence-electron chi connectivity index (χ1n) is 7.32. The highest BCUT2D eigenvalue weighted by atomic mass is 14.4. The van der Waals surface area contributed by atoms with E-state index in [2.05, 4.69) is 60.3 Å². The van der Waals surface area contributed by atoms with Gasteiger partial charge in [-0.1, -0.05) is 48.8 Å². The van der Waals surface area contributed by atoms with Crippen LogP contribution in [-0.2, 0) is 0 Å². The van der Waals surface area contributed by atoms with E-state index in [1.807, 2.05) is 0 Å². The lowest BCUT2D eigenvalue weighted by Crippen LogP contribution is -2.17. The first-order chi connectivity index (χ1) is 8.36. The monoisotopic (exact) mass is 246 g/mol. The summed E-state index contributed by atoms with van der Waals surface area (Å²) in [7, 11) is 0. The van der Waals surface area contributed by atoms with Crippen molar-refractivity contribution < 1.29 is 0 Å². The van der Waals surface area contributed by atoms with Gasteiger partial charge in [0.2, 0.25) is 0 Å². The van der Waals surface area contributed by atoms with Gasteiger partial charge in [0, 0.05) is 0 Å². The van der Waals surface area contributed by atoms with E-state index in [0.29, 0.717) is 11.8 Å². The van der Waals surface area contributed by atoms with E-state index in [1.165, 1.54) is 29.6 Å². The zero-order valence-corrected chi connectivity index (χ0v) is 13.1. The Morgan fingerprint density at radius 3 is 1.89 bits per heavy atom. The second kappa shape index (κ2) is 6.41. The molecule has 0 amide bonds. The molecule has 0 N–H and O–H groups in total. The fourth-order valence-electron chi connectivity index (χ4n) is 3.73. The molecule has 4 atom stereocenters. The average molecular weight is 246 g/mol. The second-order valence-corrected chi connectivity index (χ2v) is 6.50. The molecule has 1 aliphatic carbocycles. The van der Waals surface area contributed by atoms with Crippen molar-refractivity contribution in [3.63, 3.8) is 0 Å². The van der Waals surface area contributed by atoms with E-state index in [1.54, 1.807) is 0 Å². The molecule has 0 nitrogen and oxygen atoms in total. The Kier molecular flexibility index (Phi) is 5.44. The quantitative estimate of drug-likeness (QED) is 0.552. The molecule has 0 spiro atoms. The Hall–Kier alpha value is -0.780. The van der Waals surface area contributed by atoms with Crippen molar-refractivity contribution in [3.8, 4) is 0 Å². The van der Waals surface area contributed by atoms with E-state index >= 15 is 0 Å². The molecule has 0 aliphatic heterocycles. The van der Waals surface area contributed by atoms with Gasteiger partial charge in [0.25, 0.3) is 0 Å². The van der Waals surface area contributed by atoms with Gasteiger partial charge in [-0.3, -0.25) is 0 Å². The van der Waals surface area contributed by atoms with Crippen molar-refractivity contribution in [2.45, 2.75) is 54.4 Å². The third-order valence-electron chi connectivity index (χ3n) is 4.15. The molecule has 0 saturated heterocycles. The Morgan fingerprint density at radius 2 is 1.50 bits per heavy atom. The summed E-state index contributed by atoms with van der Waals surface area (Å²) in [6, 6.07) is 0. The lowest BCUT2D eigenvalue weighted by Gasteiger charge is -2.25. The minimum absolute atomic E-state index is 0.672. The molecule has 18 heavy (non-hydrogen) atoms. The predicted molar refractivity (Wildman–Crippen MR) is 82.5 cm³/mol. The standard InChI is InChI=1S/C18H30/c1-8-17-15(9-12(2)3)11-16(10-13(4)5)18(17)14(6)7/h9-10,15-18H,6,8,11H2,1-5,7H3. The largest absolute Gasteiger partial charge is 0.0998 e. The highest BCUT2D eigenvalue weighted by Crippen LogP contribution is 2.48. The molecule has 0 aromatic carbocycles. The fraction of sp³-hybridized carbons (Fsp3) is 0.667. The maximum Gasteiger partial charge on any atom is -0.0112 e. The average Bonchev–Trinajstić information content (AvgIpc) is 2.53. The molecule has 0 heteroatoms. The predicted octanol–water partition coefficient (Wildman–Crippen LogP) is 5.77. The normalized spacial score (nSPS) is 31.0. The van der Waals surface area contributed by atoms with Crippen LogP contribution >= 0.6 is 0 Å². The van der Waals surface area contributed by atoms with Crippen molar-refractivity contribution in [2.24, 2.45) is 23.7 Å². The van der Waals surface area contributed by atoms with Gasteiger partial charge in [-0.2, -0.15) is 0 Å². The fourth-order valence-corrected chi connectivity index (χ4v) is 3.73. The maximum atomic E-state index is 4.26. The Morgan fingerprint density at radius 1 is 1.00 bits per heavy atom. The zero-order valence-electron chi connectivity index (χ0n) is 13.1. The van der Waals surface area contributed by atoms with Crippen LogP contribution in [0.3, 0.4) is 0 Å². The lowest BCUT2D eigenvalue weighted by atomic mass is 9.80. The lowest BCUT2D eigenvalue weighted by molar-refractivity contribution is 0.356. The van der Waals surface area contributed by atoms with E-state index in [9.17, 15) is 0 Å². The minimum Gasteiger partial charge on any atom is -0.0998 e. The molecule has 0 aromatic heterocycles. The highest BCUT2D eigenvalue weighted by molar-refractivity contribution is 5.17. The molecule has 1 saturated carbocycles. The first kappa shape index (κ1) is 15.3. The molecule has 1 aliphatic rings. The summed E-state index contributed by atoms with van der Waals surface area (Å²) in [5, 5.41) is 0. The van der Waals surface area contributed by atoms with Gasteiger partial charge >= 0.3 is 0 Å². The third-order valence-corrected chi connectivity index (χ3v) is 4.15. The number of hydrogen-bond donors (Lipinski definition) is 0. The summed E-state index contributed by atoms with van der Waals surface area (Å²) in [5.41, 5.74) is 4.27. The van der Waals surface area contributed by atoms with Gasteiger partial charge in [-0.05, 0) is 64.7 Å². The van der Waals surface area contributed by atoms with Gasteiger partial charge < -0.3 is 0 Å². The zero-order chi connectivity index (χ0) is 13.9. The van der Waals surface area contributed by atoms with Crippen LogP contribution in [0.4, 0.5) is 0 Å². The molecule has 1 fully saturated rings. The van der Waals surface area contributed by atoms with E-state index in [4.69, 9.17) is 0 Å². The van der Waals surface area contributed by atoms with Crippen molar-refractivity contribution >= 4 is 0 Å². The minimum atomic E-state index is 0.672. The van der Waals surface area contributed by atoms with E-state index < -0.39 is 0 Å². The van der Waals surface area contributed by atoms with Crippen LogP contribution in [0.5, 0.6) is 0 Å². The molecule has 0 heterocycles. The van der Waals surface area contributed by atoms with Gasteiger partial charge in [0.15, 0.2) is 0 Å². The van der Waals surface area contributed by atoms with Crippen LogP contribution in [-0.4, -0.2) is 0 Å². The summed E-state index contributed by atoms with van der Waals surface area (Å²) in [6.07, 6.45) is 7.52. The van der Waals surface area contributed by atoms with Crippen molar-refractivity contribution in [1.29, 1.82) is 0 Å². The molecule has 0 bridgehead atoms. The van der Waals surface area contributed by atoms with Crippen LogP contribution < -0.4 is 0 Å². The number of hydrogen-bond acceptors (Lipinski definition) is 0. The molecule has 1 rings (SSSR count). The van der Waals surface area contributed by atoms with Gasteiger partial charge in [-0.15, -0.1) is 0 Å². The smallest absolute Gasteiger partial charge is 0.0112 e. The van der Waals surface area contributed by atoms with Crippen molar-refractivity contribution in [1.82, 2.24) is 0 Å². The molecule has 0 aromatic rings. The van der Waals surface area contributed by atoms with Crippen LogP contribution in [0.2, 0.25) is 0 Å².